The highest BCUT2D eigenvalue weighted by atomic mass is 127. The lowest BCUT2D eigenvalue weighted by Crippen LogP contribution is -2.42. The normalized spacial score (nSPS) is 28.9. The number of guanidine groups is 1. The molecule has 0 aliphatic carbocycles. The highest BCUT2D eigenvalue weighted by molar-refractivity contribution is 14.0. The van der Waals surface area contributed by atoms with Crippen molar-refractivity contribution in [2.45, 2.75) is 25.0 Å². The van der Waals surface area contributed by atoms with Gasteiger partial charge in [0.1, 0.15) is 5.60 Å². The predicted octanol–water partition coefficient (Wildman–Crippen LogP) is -0.305. The van der Waals surface area contributed by atoms with Gasteiger partial charge in [0, 0.05) is 26.7 Å². The van der Waals surface area contributed by atoms with Crippen LogP contribution in [0.5, 0.6) is 0 Å². The maximum absolute atomic E-state index is 10.1. The summed E-state index contributed by atoms with van der Waals surface area (Å²) >= 11 is 0. The maximum Gasteiger partial charge on any atom is 0.188 e. The average molecular weight is 359 g/mol. The molecule has 0 radical (unpaired) electrons. The molecular weight excluding hydrogens is 337 g/mol. The van der Waals surface area contributed by atoms with E-state index in [0.29, 0.717) is 32.1 Å². The summed E-state index contributed by atoms with van der Waals surface area (Å²) in [5, 5.41) is 13.0. The van der Waals surface area contributed by atoms with Gasteiger partial charge in [-0.1, -0.05) is 0 Å². The lowest BCUT2D eigenvalue weighted by molar-refractivity contribution is -0.0201. The van der Waals surface area contributed by atoms with Gasteiger partial charge in [0.05, 0.1) is 19.3 Å². The van der Waals surface area contributed by atoms with Crippen molar-refractivity contribution >= 4 is 29.9 Å². The lowest BCUT2D eigenvalue weighted by atomic mass is 9.97. The number of ether oxygens (including phenoxy) is 2. The number of rotatable bonds is 5. The van der Waals surface area contributed by atoms with Crippen LogP contribution in [0.1, 0.15) is 13.3 Å². The molecule has 2 atom stereocenters. The Balaban J connectivity index is 0.00000256. The van der Waals surface area contributed by atoms with E-state index in [2.05, 4.69) is 10.3 Å². The topological polar surface area (TPSA) is 89.1 Å². The summed E-state index contributed by atoms with van der Waals surface area (Å²) in [6, 6.07) is 0. The summed E-state index contributed by atoms with van der Waals surface area (Å²) in [6.45, 7) is 3.86. The Hall–Kier alpha value is -0.120. The summed E-state index contributed by atoms with van der Waals surface area (Å²) in [6.07, 6.45) is 0.409. The minimum Gasteiger partial charge on any atom is -0.385 e. The Labute approximate surface area is 119 Å². The zero-order chi connectivity index (χ0) is 12.0. The monoisotopic (exact) mass is 359 g/mol. The smallest absolute Gasteiger partial charge is 0.188 e. The van der Waals surface area contributed by atoms with E-state index in [1.807, 2.05) is 6.92 Å². The molecular formula is C10H22IN3O3. The maximum atomic E-state index is 10.1. The third kappa shape index (κ3) is 5.36. The van der Waals surface area contributed by atoms with Crippen LogP contribution in [0.4, 0.5) is 0 Å². The molecule has 0 saturated carbocycles. The number of nitrogens with one attached hydrogen (secondary N) is 1. The first-order valence-corrected chi connectivity index (χ1v) is 5.45. The molecule has 2 unspecified atom stereocenters. The SMILES string of the molecule is COCCNC(N)=NCC1(O)CCOC1C.I. The third-order valence-electron chi connectivity index (χ3n) is 2.80. The van der Waals surface area contributed by atoms with Gasteiger partial charge in [0.15, 0.2) is 5.96 Å². The van der Waals surface area contributed by atoms with Crippen LogP contribution in [-0.4, -0.2) is 56.2 Å². The van der Waals surface area contributed by atoms with Crippen LogP contribution in [0.2, 0.25) is 0 Å². The molecule has 7 heteroatoms. The number of methoxy groups -OCH3 is 1. The summed E-state index contributed by atoms with van der Waals surface area (Å²) in [5.41, 5.74) is 4.75. The molecule has 0 aromatic carbocycles. The lowest BCUT2D eigenvalue weighted by Gasteiger charge is -2.23. The fraction of sp³-hybridized carbons (Fsp3) is 0.900. The van der Waals surface area contributed by atoms with E-state index in [1.54, 1.807) is 7.11 Å². The van der Waals surface area contributed by atoms with E-state index in [-0.39, 0.29) is 36.6 Å². The zero-order valence-corrected chi connectivity index (χ0v) is 12.6. The number of halogens is 1. The number of hydrogen-bond donors (Lipinski definition) is 3. The van der Waals surface area contributed by atoms with Crippen molar-refractivity contribution in [2.24, 2.45) is 10.7 Å². The second-order valence-corrected chi connectivity index (χ2v) is 3.99. The molecule has 1 aliphatic rings. The highest BCUT2D eigenvalue weighted by Crippen LogP contribution is 2.25. The zero-order valence-electron chi connectivity index (χ0n) is 10.3. The standard InChI is InChI=1S/C10H21N3O3.HI/c1-8-10(14,3-5-16-8)7-13-9(11)12-4-6-15-2;/h8,14H,3-7H2,1-2H3,(H3,11,12,13);1H. The molecule has 0 amide bonds. The first-order chi connectivity index (χ1) is 7.58. The number of aliphatic hydroxyl groups is 1. The fourth-order valence-electron chi connectivity index (χ4n) is 1.54. The third-order valence-corrected chi connectivity index (χ3v) is 2.80. The van der Waals surface area contributed by atoms with Crippen molar-refractivity contribution in [1.82, 2.24) is 5.32 Å². The molecule has 17 heavy (non-hydrogen) atoms. The van der Waals surface area contributed by atoms with E-state index < -0.39 is 5.60 Å². The van der Waals surface area contributed by atoms with Crippen molar-refractivity contribution in [3.8, 4) is 0 Å². The van der Waals surface area contributed by atoms with Crippen LogP contribution >= 0.6 is 24.0 Å². The molecule has 102 valence electrons. The van der Waals surface area contributed by atoms with E-state index in [4.69, 9.17) is 15.2 Å². The summed E-state index contributed by atoms with van der Waals surface area (Å²) < 4.78 is 10.2. The molecule has 0 aromatic heterocycles. The minimum absolute atomic E-state index is 0. The first-order valence-electron chi connectivity index (χ1n) is 5.45. The van der Waals surface area contributed by atoms with Crippen LogP contribution < -0.4 is 11.1 Å². The number of hydrogen-bond acceptors (Lipinski definition) is 4. The Kier molecular flexibility index (Phi) is 8.01. The van der Waals surface area contributed by atoms with Gasteiger partial charge in [-0.25, -0.2) is 0 Å². The second-order valence-electron chi connectivity index (χ2n) is 3.99. The largest absolute Gasteiger partial charge is 0.385 e. The van der Waals surface area contributed by atoms with Crippen molar-refractivity contribution in [1.29, 1.82) is 0 Å². The quantitative estimate of drug-likeness (QED) is 0.271. The number of nitrogens with zero attached hydrogens (tertiary/aromatic N) is 1. The van der Waals surface area contributed by atoms with Gasteiger partial charge in [0.25, 0.3) is 0 Å². The average Bonchev–Trinajstić information content (AvgIpc) is 2.58. The first kappa shape index (κ1) is 16.9. The number of aliphatic imine (C=N–C) groups is 1. The molecule has 1 rings (SSSR count). The molecule has 1 heterocycles. The second kappa shape index (κ2) is 8.06. The molecule has 0 bridgehead atoms. The Morgan fingerprint density at radius 2 is 2.41 bits per heavy atom. The van der Waals surface area contributed by atoms with Gasteiger partial charge in [0.2, 0.25) is 0 Å². The van der Waals surface area contributed by atoms with Gasteiger partial charge in [-0.3, -0.25) is 4.99 Å². The summed E-state index contributed by atoms with van der Waals surface area (Å²) in [5.74, 6) is 0.324. The molecule has 1 aliphatic heterocycles. The van der Waals surface area contributed by atoms with Gasteiger partial charge in [-0.15, -0.1) is 24.0 Å². The van der Waals surface area contributed by atoms with E-state index in [9.17, 15) is 5.11 Å². The molecule has 1 saturated heterocycles. The summed E-state index contributed by atoms with van der Waals surface area (Å²) in [4.78, 5) is 4.10. The van der Waals surface area contributed by atoms with E-state index >= 15 is 0 Å². The molecule has 4 N–H and O–H groups in total. The van der Waals surface area contributed by atoms with Gasteiger partial charge in [-0.05, 0) is 6.92 Å². The van der Waals surface area contributed by atoms with Crippen LogP contribution in [0.15, 0.2) is 4.99 Å². The fourth-order valence-corrected chi connectivity index (χ4v) is 1.54. The Morgan fingerprint density at radius 1 is 1.71 bits per heavy atom. The van der Waals surface area contributed by atoms with Gasteiger partial charge >= 0.3 is 0 Å². The Morgan fingerprint density at radius 3 is 2.94 bits per heavy atom. The molecule has 6 nitrogen and oxygen atoms in total. The Bertz CT molecular complexity index is 253. The summed E-state index contributed by atoms with van der Waals surface area (Å²) in [7, 11) is 1.62. The molecule has 0 aromatic rings. The van der Waals surface area contributed by atoms with E-state index in [0.717, 1.165) is 0 Å². The van der Waals surface area contributed by atoms with E-state index in [1.165, 1.54) is 0 Å². The molecule has 0 spiro atoms. The van der Waals surface area contributed by atoms with Crippen LogP contribution in [0.3, 0.4) is 0 Å². The van der Waals surface area contributed by atoms with Crippen LogP contribution in [0, 0.1) is 0 Å². The van der Waals surface area contributed by atoms with Crippen LogP contribution in [0.25, 0.3) is 0 Å². The minimum atomic E-state index is -0.881. The molecule has 1 fully saturated rings. The van der Waals surface area contributed by atoms with Gasteiger partial charge in [-0.2, -0.15) is 0 Å². The van der Waals surface area contributed by atoms with Crippen molar-refractivity contribution in [3.63, 3.8) is 0 Å². The highest BCUT2D eigenvalue weighted by Gasteiger charge is 2.39. The van der Waals surface area contributed by atoms with Crippen LogP contribution in [-0.2, 0) is 9.47 Å². The van der Waals surface area contributed by atoms with Crippen molar-refractivity contribution in [2.75, 3.05) is 33.4 Å². The van der Waals surface area contributed by atoms with Crippen molar-refractivity contribution in [3.05, 3.63) is 0 Å². The number of nitrogens with two attached hydrogens (primary N) is 1. The van der Waals surface area contributed by atoms with Crippen molar-refractivity contribution < 1.29 is 14.6 Å². The van der Waals surface area contributed by atoms with Gasteiger partial charge < -0.3 is 25.6 Å². The predicted molar refractivity (Wildman–Crippen MR) is 76.8 cm³/mol.